The van der Waals surface area contributed by atoms with Gasteiger partial charge in [-0.1, -0.05) is 38.2 Å². The van der Waals surface area contributed by atoms with Crippen LogP contribution in [-0.4, -0.2) is 45.2 Å². The molecule has 178 valence electrons. The van der Waals surface area contributed by atoms with Crippen molar-refractivity contribution in [1.82, 2.24) is 0 Å². The van der Waals surface area contributed by atoms with Gasteiger partial charge in [-0.15, -0.1) is 0 Å². The number of ether oxygens (including phenoxy) is 1. The van der Waals surface area contributed by atoms with E-state index in [1.165, 1.54) is 31.3 Å². The highest BCUT2D eigenvalue weighted by atomic mass is 16.6. The normalized spacial score (nSPS) is 45.9. The zero-order valence-electron chi connectivity index (χ0n) is 19.8. The molecular weight excluding hydrogens is 404 g/mol. The highest BCUT2D eigenvalue weighted by molar-refractivity contribution is 5.80. The first-order valence-corrected chi connectivity index (χ1v) is 12.4. The summed E-state index contributed by atoms with van der Waals surface area (Å²) in [5, 5.41) is 30.4. The summed E-state index contributed by atoms with van der Waals surface area (Å²) in [6.45, 7) is 10.3. The van der Waals surface area contributed by atoms with E-state index in [1.54, 1.807) is 6.92 Å². The Morgan fingerprint density at radius 1 is 1.25 bits per heavy atom. The SMILES string of the molecule is C=C1/C(=C\C=C2CCC[C@@]3(C)C2CC[C@@H]3[C@H](C)CC2CC(C)(O)C(=O)O2)C[C@@H](O)CC1O. The van der Waals surface area contributed by atoms with Crippen molar-refractivity contribution in [2.45, 2.75) is 102 Å². The van der Waals surface area contributed by atoms with Crippen LogP contribution in [0.3, 0.4) is 0 Å². The second-order valence-corrected chi connectivity index (χ2v) is 11.4. The maximum absolute atomic E-state index is 11.9. The van der Waals surface area contributed by atoms with Crippen LogP contribution in [0.4, 0.5) is 0 Å². The number of hydrogen-bond donors (Lipinski definition) is 3. The Hall–Kier alpha value is -1.43. The minimum Gasteiger partial charge on any atom is -0.460 e. The predicted octanol–water partition coefficient (Wildman–Crippen LogP) is 4.22. The van der Waals surface area contributed by atoms with Gasteiger partial charge in [-0.2, -0.15) is 0 Å². The third kappa shape index (κ3) is 4.36. The first-order valence-electron chi connectivity index (χ1n) is 12.4. The van der Waals surface area contributed by atoms with Crippen LogP contribution in [0.5, 0.6) is 0 Å². The van der Waals surface area contributed by atoms with Crippen LogP contribution in [0.25, 0.3) is 0 Å². The Morgan fingerprint density at radius 2 is 2.00 bits per heavy atom. The van der Waals surface area contributed by atoms with Crippen molar-refractivity contribution < 1.29 is 24.9 Å². The molecule has 0 spiro atoms. The molecule has 5 heteroatoms. The van der Waals surface area contributed by atoms with Gasteiger partial charge < -0.3 is 20.1 Å². The Morgan fingerprint density at radius 3 is 2.69 bits per heavy atom. The number of aliphatic hydroxyl groups excluding tert-OH is 2. The van der Waals surface area contributed by atoms with Gasteiger partial charge in [-0.3, -0.25) is 0 Å². The lowest BCUT2D eigenvalue weighted by Gasteiger charge is -2.44. The summed E-state index contributed by atoms with van der Waals surface area (Å²) in [6, 6.07) is 0. The van der Waals surface area contributed by atoms with E-state index in [9.17, 15) is 20.1 Å². The first kappa shape index (κ1) is 23.7. The molecule has 1 saturated heterocycles. The lowest BCUT2D eigenvalue weighted by atomic mass is 9.60. The summed E-state index contributed by atoms with van der Waals surface area (Å²) in [5.41, 5.74) is 2.08. The fraction of sp³-hybridized carbons (Fsp3) is 0.741. The standard InChI is InChI=1S/C27H40O5/c1-16(12-21-15-27(4,31)25(30)32-21)22-9-10-23-18(6-5-11-26(22,23)3)7-8-19-13-20(28)14-24(29)17(19)2/h7-8,16,20-24,28-29,31H,2,5-6,9-15H2,1,3-4H3/b18-7?,19-8-/t16-,20-,21?,22-,23?,24?,26-,27?/m1/s1. The van der Waals surface area contributed by atoms with Crippen molar-refractivity contribution in [2.24, 2.45) is 23.2 Å². The predicted molar refractivity (Wildman–Crippen MR) is 124 cm³/mol. The quantitative estimate of drug-likeness (QED) is 0.565. The molecule has 4 rings (SSSR count). The number of cyclic esters (lactones) is 1. The molecular formula is C27H40O5. The largest absolute Gasteiger partial charge is 0.460 e. The van der Waals surface area contributed by atoms with E-state index in [4.69, 9.17) is 4.74 Å². The fourth-order valence-electron chi connectivity index (χ4n) is 7.24. The Labute approximate surface area is 192 Å². The number of aliphatic hydroxyl groups is 3. The monoisotopic (exact) mass is 444 g/mol. The molecule has 3 saturated carbocycles. The van der Waals surface area contributed by atoms with E-state index < -0.39 is 23.8 Å². The first-order chi connectivity index (χ1) is 15.0. The molecule has 3 aliphatic carbocycles. The molecule has 5 nitrogen and oxygen atoms in total. The van der Waals surface area contributed by atoms with Crippen molar-refractivity contribution in [3.8, 4) is 0 Å². The molecule has 0 aromatic heterocycles. The third-order valence-corrected chi connectivity index (χ3v) is 8.96. The molecule has 0 bridgehead atoms. The number of allylic oxidation sites excluding steroid dienone is 3. The number of fused-ring (bicyclic) bond motifs is 1. The molecule has 4 unspecified atom stereocenters. The molecule has 0 aromatic rings. The molecule has 0 amide bonds. The average molecular weight is 445 g/mol. The highest BCUT2D eigenvalue weighted by Gasteiger charge is 2.52. The van der Waals surface area contributed by atoms with Crippen molar-refractivity contribution >= 4 is 5.97 Å². The Balaban J connectivity index is 1.47. The van der Waals surface area contributed by atoms with E-state index in [-0.39, 0.29) is 11.5 Å². The van der Waals surface area contributed by atoms with Crippen molar-refractivity contribution in [3.05, 3.63) is 35.5 Å². The van der Waals surface area contributed by atoms with Crippen LogP contribution in [0, 0.1) is 23.2 Å². The zero-order valence-corrected chi connectivity index (χ0v) is 19.8. The van der Waals surface area contributed by atoms with Crippen molar-refractivity contribution in [3.63, 3.8) is 0 Å². The topological polar surface area (TPSA) is 87.0 Å². The number of esters is 1. The minimum atomic E-state index is -1.34. The Bertz CT molecular complexity index is 824. The van der Waals surface area contributed by atoms with E-state index in [0.29, 0.717) is 37.0 Å². The van der Waals surface area contributed by atoms with Gasteiger partial charge in [0.2, 0.25) is 0 Å². The van der Waals surface area contributed by atoms with E-state index in [2.05, 4.69) is 32.6 Å². The van der Waals surface area contributed by atoms with Crippen LogP contribution in [0.1, 0.15) is 78.6 Å². The van der Waals surface area contributed by atoms with Gasteiger partial charge in [0.1, 0.15) is 6.10 Å². The summed E-state index contributed by atoms with van der Waals surface area (Å²) < 4.78 is 5.47. The molecule has 1 heterocycles. The van der Waals surface area contributed by atoms with Gasteiger partial charge in [0.05, 0.1) is 12.2 Å². The smallest absolute Gasteiger partial charge is 0.338 e. The maximum atomic E-state index is 11.9. The lowest BCUT2D eigenvalue weighted by molar-refractivity contribution is -0.154. The molecule has 3 N–H and O–H groups in total. The number of carbonyl (C=O) groups is 1. The number of carbonyl (C=O) groups excluding carboxylic acids is 1. The van der Waals surface area contributed by atoms with Crippen LogP contribution in [-0.2, 0) is 9.53 Å². The molecule has 4 aliphatic rings. The second-order valence-electron chi connectivity index (χ2n) is 11.4. The van der Waals surface area contributed by atoms with Crippen LogP contribution in [0.2, 0.25) is 0 Å². The highest BCUT2D eigenvalue weighted by Crippen LogP contribution is 2.60. The van der Waals surface area contributed by atoms with Crippen molar-refractivity contribution in [2.75, 3.05) is 0 Å². The van der Waals surface area contributed by atoms with E-state index in [1.807, 2.05) is 0 Å². The van der Waals surface area contributed by atoms with Crippen LogP contribution < -0.4 is 0 Å². The van der Waals surface area contributed by atoms with Gasteiger partial charge in [0.25, 0.3) is 0 Å². The summed E-state index contributed by atoms with van der Waals surface area (Å²) in [4.78, 5) is 11.9. The minimum absolute atomic E-state index is 0.186. The summed E-state index contributed by atoms with van der Waals surface area (Å²) >= 11 is 0. The third-order valence-electron chi connectivity index (χ3n) is 8.96. The Kier molecular flexibility index (Phi) is 6.47. The molecule has 4 fully saturated rings. The van der Waals surface area contributed by atoms with Gasteiger partial charge in [-0.25, -0.2) is 4.79 Å². The van der Waals surface area contributed by atoms with Gasteiger partial charge in [-0.05, 0) is 86.2 Å². The fourth-order valence-corrected chi connectivity index (χ4v) is 7.24. The molecule has 0 aromatic carbocycles. The van der Waals surface area contributed by atoms with E-state index in [0.717, 1.165) is 24.0 Å². The average Bonchev–Trinajstić information content (AvgIpc) is 3.18. The number of hydrogen-bond acceptors (Lipinski definition) is 5. The zero-order chi connectivity index (χ0) is 23.3. The molecule has 32 heavy (non-hydrogen) atoms. The summed E-state index contributed by atoms with van der Waals surface area (Å²) in [5.74, 6) is 1.06. The summed E-state index contributed by atoms with van der Waals surface area (Å²) in [6.07, 6.45) is 11.0. The maximum Gasteiger partial charge on any atom is 0.338 e. The summed E-state index contributed by atoms with van der Waals surface area (Å²) in [7, 11) is 0. The second kappa shape index (κ2) is 8.73. The van der Waals surface area contributed by atoms with Crippen molar-refractivity contribution in [1.29, 1.82) is 0 Å². The number of rotatable bonds is 4. The molecule has 8 atom stereocenters. The lowest BCUT2D eigenvalue weighted by Crippen LogP contribution is -2.36. The van der Waals surface area contributed by atoms with Crippen LogP contribution in [0.15, 0.2) is 35.5 Å². The van der Waals surface area contributed by atoms with Gasteiger partial charge in [0.15, 0.2) is 5.60 Å². The van der Waals surface area contributed by atoms with Gasteiger partial charge >= 0.3 is 5.97 Å². The molecule has 1 aliphatic heterocycles. The van der Waals surface area contributed by atoms with E-state index >= 15 is 0 Å². The van der Waals surface area contributed by atoms with Gasteiger partial charge in [0, 0.05) is 12.8 Å². The van der Waals surface area contributed by atoms with Crippen LogP contribution >= 0.6 is 0 Å². The molecule has 0 radical (unpaired) electrons.